The highest BCUT2D eigenvalue weighted by molar-refractivity contribution is 9.10. The Morgan fingerprint density at radius 1 is 1.09 bits per heavy atom. The van der Waals surface area contributed by atoms with Crippen molar-refractivity contribution >= 4 is 45.1 Å². The second-order valence-electron chi connectivity index (χ2n) is 7.26. The number of benzene rings is 2. The molecule has 0 fully saturated rings. The van der Waals surface area contributed by atoms with E-state index >= 15 is 0 Å². The van der Waals surface area contributed by atoms with E-state index in [0.29, 0.717) is 10.7 Å². The molecule has 9 heteroatoms. The summed E-state index contributed by atoms with van der Waals surface area (Å²) in [5.74, 6) is 0.399. The number of hydrogen-bond donors (Lipinski definition) is 0. The summed E-state index contributed by atoms with van der Waals surface area (Å²) in [5, 5.41) is 17.4. The highest BCUT2D eigenvalue weighted by Gasteiger charge is 2.12. The smallest absolute Gasteiger partial charge is 0.400 e. The van der Waals surface area contributed by atoms with Gasteiger partial charge in [0.1, 0.15) is 4.92 Å². The Morgan fingerprint density at radius 3 is 2.44 bits per heavy atom. The largest absolute Gasteiger partial charge is 0.433 e. The first kappa shape index (κ1) is 21.9. The Labute approximate surface area is 196 Å². The third-order valence-corrected chi connectivity index (χ3v) is 6.05. The van der Waals surface area contributed by atoms with Gasteiger partial charge in [-0.05, 0) is 41.8 Å². The lowest BCUT2D eigenvalue weighted by Crippen LogP contribution is -2.11. The summed E-state index contributed by atoms with van der Waals surface area (Å²) in [7, 11) is 0. The number of furan rings is 1. The number of nitrogens with zero attached hydrogens (tertiary/aromatic N) is 4. The molecule has 7 nitrogen and oxygen atoms in total. The van der Waals surface area contributed by atoms with E-state index in [1.54, 1.807) is 4.68 Å². The molecule has 0 spiro atoms. The standard InChI is InChI=1S/C23H19BrN4O3S/c1-15(2)16-5-9-19(10-6-16)26-23-27(25-13-20-11-12-22(31-20)28(29)30)21(14-32-23)17-3-7-18(24)8-4-17/h3-15H,1-2H3. The van der Waals surface area contributed by atoms with Crippen LogP contribution in [0.5, 0.6) is 0 Å². The van der Waals surface area contributed by atoms with Crippen LogP contribution >= 0.6 is 27.3 Å². The zero-order valence-corrected chi connectivity index (χ0v) is 19.7. The maximum atomic E-state index is 10.9. The van der Waals surface area contributed by atoms with E-state index in [-0.39, 0.29) is 11.6 Å². The van der Waals surface area contributed by atoms with Crippen LogP contribution in [-0.2, 0) is 0 Å². The number of hydrogen-bond acceptors (Lipinski definition) is 6. The summed E-state index contributed by atoms with van der Waals surface area (Å²) < 4.78 is 7.89. The lowest BCUT2D eigenvalue weighted by atomic mass is 10.0. The normalized spacial score (nSPS) is 12.2. The summed E-state index contributed by atoms with van der Waals surface area (Å²) >= 11 is 4.92. The molecule has 0 aliphatic rings. The average molecular weight is 511 g/mol. The van der Waals surface area contributed by atoms with Crippen molar-refractivity contribution in [2.45, 2.75) is 19.8 Å². The van der Waals surface area contributed by atoms with E-state index in [4.69, 9.17) is 9.41 Å². The number of aromatic nitrogens is 1. The fourth-order valence-electron chi connectivity index (χ4n) is 2.98. The second-order valence-corrected chi connectivity index (χ2v) is 9.01. The number of rotatable bonds is 6. The van der Waals surface area contributed by atoms with Gasteiger partial charge >= 0.3 is 5.88 Å². The van der Waals surface area contributed by atoms with Gasteiger partial charge in [0.2, 0.25) is 4.80 Å². The van der Waals surface area contributed by atoms with Crippen LogP contribution in [0, 0.1) is 10.1 Å². The lowest BCUT2D eigenvalue weighted by molar-refractivity contribution is -0.402. The predicted molar refractivity (Wildman–Crippen MR) is 130 cm³/mol. The first-order chi connectivity index (χ1) is 15.4. The van der Waals surface area contributed by atoms with Crippen molar-refractivity contribution in [3.63, 3.8) is 0 Å². The van der Waals surface area contributed by atoms with E-state index in [1.165, 1.54) is 35.2 Å². The van der Waals surface area contributed by atoms with Crippen molar-refractivity contribution in [2.75, 3.05) is 0 Å². The van der Waals surface area contributed by atoms with Crippen LogP contribution in [0.1, 0.15) is 31.1 Å². The van der Waals surface area contributed by atoms with Crippen LogP contribution in [0.2, 0.25) is 0 Å². The van der Waals surface area contributed by atoms with Gasteiger partial charge in [0.15, 0.2) is 5.76 Å². The van der Waals surface area contributed by atoms with E-state index < -0.39 is 4.92 Å². The summed E-state index contributed by atoms with van der Waals surface area (Å²) in [6.45, 7) is 4.30. The van der Waals surface area contributed by atoms with Gasteiger partial charge in [0.05, 0.1) is 23.7 Å². The van der Waals surface area contributed by atoms with Crippen LogP contribution in [0.15, 0.2) is 85.0 Å². The Bertz CT molecular complexity index is 1330. The Kier molecular flexibility index (Phi) is 6.48. The molecule has 162 valence electrons. The third kappa shape index (κ3) is 4.95. The predicted octanol–water partition coefficient (Wildman–Crippen LogP) is 6.72. The quantitative estimate of drug-likeness (QED) is 0.164. The zero-order valence-electron chi connectivity index (χ0n) is 17.3. The van der Waals surface area contributed by atoms with Gasteiger partial charge in [-0.15, -0.1) is 11.3 Å². The average Bonchev–Trinajstić information content (AvgIpc) is 3.40. The molecule has 0 saturated carbocycles. The van der Waals surface area contributed by atoms with Crippen LogP contribution in [0.3, 0.4) is 0 Å². The molecule has 0 radical (unpaired) electrons. The molecule has 0 saturated heterocycles. The first-order valence-electron chi connectivity index (χ1n) is 9.80. The van der Waals surface area contributed by atoms with Crippen LogP contribution in [0.4, 0.5) is 11.6 Å². The number of halogens is 1. The molecule has 0 amide bonds. The topological polar surface area (TPSA) is 85.9 Å². The minimum atomic E-state index is -0.579. The molecule has 0 aliphatic heterocycles. The zero-order chi connectivity index (χ0) is 22.7. The molecular formula is C23H19BrN4O3S. The first-order valence-corrected chi connectivity index (χ1v) is 11.5. The van der Waals surface area contributed by atoms with Gasteiger partial charge in [-0.3, -0.25) is 10.1 Å². The lowest BCUT2D eigenvalue weighted by Gasteiger charge is -2.05. The molecule has 0 aliphatic carbocycles. The van der Waals surface area contributed by atoms with Gasteiger partial charge in [-0.2, -0.15) is 5.10 Å². The molecule has 0 atom stereocenters. The maximum Gasteiger partial charge on any atom is 0.433 e. The van der Waals surface area contributed by atoms with Crippen molar-refractivity contribution in [1.29, 1.82) is 0 Å². The third-order valence-electron chi connectivity index (χ3n) is 4.70. The molecule has 0 bridgehead atoms. The molecule has 0 N–H and O–H groups in total. The SMILES string of the molecule is CC(C)c1ccc(N=c2scc(-c3ccc(Br)cc3)n2N=Cc2ccc([N+](=O)[O-])o2)cc1. The summed E-state index contributed by atoms with van der Waals surface area (Å²) in [6, 6.07) is 18.8. The Balaban J connectivity index is 1.78. The molecule has 2 aromatic heterocycles. The maximum absolute atomic E-state index is 10.9. The van der Waals surface area contributed by atoms with Crippen LogP contribution < -0.4 is 4.80 Å². The molecule has 0 unspecified atom stereocenters. The fourth-order valence-corrected chi connectivity index (χ4v) is 4.10. The van der Waals surface area contributed by atoms with Crippen molar-refractivity contribution in [3.05, 3.63) is 96.8 Å². The molecule has 4 rings (SSSR count). The van der Waals surface area contributed by atoms with Crippen molar-refractivity contribution in [1.82, 2.24) is 4.68 Å². The number of thiazole rings is 1. The van der Waals surface area contributed by atoms with E-state index in [9.17, 15) is 10.1 Å². The molecular weight excluding hydrogens is 492 g/mol. The van der Waals surface area contributed by atoms with Crippen molar-refractivity contribution in [3.8, 4) is 11.3 Å². The fraction of sp³-hybridized carbons (Fsp3) is 0.130. The van der Waals surface area contributed by atoms with E-state index in [2.05, 4.69) is 47.0 Å². The van der Waals surface area contributed by atoms with Crippen LogP contribution in [0.25, 0.3) is 11.3 Å². The van der Waals surface area contributed by atoms with Crippen molar-refractivity contribution in [2.24, 2.45) is 10.1 Å². The molecule has 4 aromatic rings. The molecule has 2 heterocycles. The van der Waals surface area contributed by atoms with Gasteiger partial charge in [-0.1, -0.05) is 54.0 Å². The molecule has 2 aromatic carbocycles. The van der Waals surface area contributed by atoms with Gasteiger partial charge in [-0.25, -0.2) is 9.67 Å². The highest BCUT2D eigenvalue weighted by Crippen LogP contribution is 2.24. The van der Waals surface area contributed by atoms with Crippen LogP contribution in [-0.4, -0.2) is 15.8 Å². The van der Waals surface area contributed by atoms with Gasteiger partial charge < -0.3 is 4.42 Å². The molecule has 32 heavy (non-hydrogen) atoms. The van der Waals surface area contributed by atoms with E-state index in [1.807, 2.05) is 41.8 Å². The highest BCUT2D eigenvalue weighted by atomic mass is 79.9. The summed E-state index contributed by atoms with van der Waals surface area (Å²) in [5.41, 5.74) is 3.87. The number of nitro groups is 1. The monoisotopic (exact) mass is 510 g/mol. The Morgan fingerprint density at radius 2 is 1.81 bits per heavy atom. The second kappa shape index (κ2) is 9.46. The summed E-state index contributed by atoms with van der Waals surface area (Å²) in [6.07, 6.45) is 1.45. The van der Waals surface area contributed by atoms with E-state index in [0.717, 1.165) is 21.4 Å². The minimum Gasteiger partial charge on any atom is -0.400 e. The minimum absolute atomic E-state index is 0.282. The van der Waals surface area contributed by atoms with Gasteiger partial charge in [0, 0.05) is 15.4 Å². The van der Waals surface area contributed by atoms with Gasteiger partial charge in [0.25, 0.3) is 0 Å². The summed E-state index contributed by atoms with van der Waals surface area (Å²) in [4.78, 5) is 15.7. The Hall–Kier alpha value is -3.30. The van der Waals surface area contributed by atoms with Crippen molar-refractivity contribution < 1.29 is 9.34 Å².